The van der Waals surface area contributed by atoms with Gasteiger partial charge in [-0.15, -0.1) is 0 Å². The van der Waals surface area contributed by atoms with E-state index in [2.05, 4.69) is 39.7 Å². The van der Waals surface area contributed by atoms with Crippen LogP contribution in [-0.4, -0.2) is 9.97 Å². The number of halogens is 2. The minimum atomic E-state index is 0.290. The highest BCUT2D eigenvalue weighted by Gasteiger charge is 2.13. The lowest BCUT2D eigenvalue weighted by Crippen LogP contribution is -2.07. The van der Waals surface area contributed by atoms with Gasteiger partial charge < -0.3 is 5.73 Å². The van der Waals surface area contributed by atoms with Gasteiger partial charge in [-0.05, 0) is 39.5 Å². The van der Waals surface area contributed by atoms with Crippen LogP contribution in [0, 0.1) is 0 Å². The first kappa shape index (κ1) is 14.3. The molecule has 0 fully saturated rings. The van der Waals surface area contributed by atoms with E-state index in [4.69, 9.17) is 17.3 Å². The van der Waals surface area contributed by atoms with Crippen LogP contribution in [0.3, 0.4) is 0 Å². The zero-order valence-corrected chi connectivity index (χ0v) is 13.2. The van der Waals surface area contributed by atoms with E-state index in [1.807, 2.05) is 24.3 Å². The Bertz CT molecular complexity index is 599. The van der Waals surface area contributed by atoms with Crippen LogP contribution in [0.4, 0.5) is 5.82 Å². The van der Waals surface area contributed by atoms with Crippen LogP contribution < -0.4 is 5.73 Å². The Balaban J connectivity index is 2.36. The Morgan fingerprint density at radius 1 is 1.32 bits per heavy atom. The molecule has 0 radical (unpaired) electrons. The zero-order chi connectivity index (χ0) is 14.0. The van der Waals surface area contributed by atoms with Crippen molar-refractivity contribution in [2.75, 3.05) is 5.73 Å². The number of benzene rings is 1. The molecular weight excluding hydrogens is 326 g/mol. The fourth-order valence-electron chi connectivity index (χ4n) is 1.82. The Hall–Kier alpha value is -1.13. The standard InChI is InChI=1S/C14H15BrClN3/c1-8(2)13-12(15)14(17)19-11(18-13)7-9-4-3-5-10(16)6-9/h3-6,8H,7H2,1-2H3,(H2,17,18,19). The van der Waals surface area contributed by atoms with E-state index in [0.717, 1.165) is 15.7 Å². The van der Waals surface area contributed by atoms with Crippen molar-refractivity contribution in [3.63, 3.8) is 0 Å². The second kappa shape index (κ2) is 5.88. The van der Waals surface area contributed by atoms with Crippen molar-refractivity contribution < 1.29 is 0 Å². The van der Waals surface area contributed by atoms with E-state index in [-0.39, 0.29) is 5.92 Å². The van der Waals surface area contributed by atoms with Gasteiger partial charge in [-0.1, -0.05) is 37.6 Å². The number of anilines is 1. The summed E-state index contributed by atoms with van der Waals surface area (Å²) in [5, 5.41) is 0.715. The average molecular weight is 341 g/mol. The molecule has 0 aliphatic rings. The summed E-state index contributed by atoms with van der Waals surface area (Å²) in [6.45, 7) is 4.16. The first-order chi connectivity index (χ1) is 8.97. The van der Waals surface area contributed by atoms with E-state index < -0.39 is 0 Å². The first-order valence-electron chi connectivity index (χ1n) is 6.03. The molecule has 5 heteroatoms. The summed E-state index contributed by atoms with van der Waals surface area (Å²) < 4.78 is 0.789. The maximum Gasteiger partial charge on any atom is 0.141 e. The summed E-state index contributed by atoms with van der Waals surface area (Å²) in [6, 6.07) is 7.69. The smallest absolute Gasteiger partial charge is 0.141 e. The number of hydrogen-bond donors (Lipinski definition) is 1. The predicted molar refractivity (Wildman–Crippen MR) is 82.5 cm³/mol. The second-order valence-corrected chi connectivity index (χ2v) is 5.92. The Morgan fingerprint density at radius 2 is 2.05 bits per heavy atom. The summed E-state index contributed by atoms with van der Waals surface area (Å²) in [4.78, 5) is 8.89. The van der Waals surface area contributed by atoms with Crippen molar-refractivity contribution in [2.24, 2.45) is 0 Å². The summed E-state index contributed by atoms with van der Waals surface area (Å²) in [5.74, 6) is 1.49. The molecule has 0 saturated carbocycles. The summed E-state index contributed by atoms with van der Waals surface area (Å²) in [6.07, 6.45) is 0.623. The van der Waals surface area contributed by atoms with Gasteiger partial charge in [0, 0.05) is 11.4 Å². The van der Waals surface area contributed by atoms with Crippen LogP contribution in [-0.2, 0) is 6.42 Å². The summed E-state index contributed by atoms with van der Waals surface area (Å²) in [7, 11) is 0. The maximum absolute atomic E-state index is 5.98. The van der Waals surface area contributed by atoms with Crippen molar-refractivity contribution in [3.8, 4) is 0 Å². The van der Waals surface area contributed by atoms with E-state index in [9.17, 15) is 0 Å². The fraction of sp³-hybridized carbons (Fsp3) is 0.286. The first-order valence-corrected chi connectivity index (χ1v) is 7.20. The lowest BCUT2D eigenvalue weighted by Gasteiger charge is -2.11. The van der Waals surface area contributed by atoms with Crippen molar-refractivity contribution in [1.82, 2.24) is 9.97 Å². The van der Waals surface area contributed by atoms with Gasteiger partial charge in [0.2, 0.25) is 0 Å². The largest absolute Gasteiger partial charge is 0.383 e. The van der Waals surface area contributed by atoms with Crippen molar-refractivity contribution >= 4 is 33.3 Å². The molecule has 0 bridgehead atoms. The molecule has 0 unspecified atom stereocenters. The van der Waals surface area contributed by atoms with Gasteiger partial charge in [-0.25, -0.2) is 9.97 Å². The Morgan fingerprint density at radius 3 is 2.68 bits per heavy atom. The Kier molecular flexibility index (Phi) is 4.42. The molecule has 0 atom stereocenters. The third-order valence-corrected chi connectivity index (χ3v) is 3.79. The molecule has 2 aromatic rings. The zero-order valence-electron chi connectivity index (χ0n) is 10.8. The SMILES string of the molecule is CC(C)c1nc(Cc2cccc(Cl)c2)nc(N)c1Br. The lowest BCUT2D eigenvalue weighted by molar-refractivity contribution is 0.786. The van der Waals surface area contributed by atoms with Gasteiger partial charge >= 0.3 is 0 Å². The fourth-order valence-corrected chi connectivity index (χ4v) is 2.67. The molecule has 100 valence electrons. The normalized spacial score (nSPS) is 11.0. The molecule has 2 N–H and O–H groups in total. The highest BCUT2D eigenvalue weighted by molar-refractivity contribution is 9.10. The molecule has 1 heterocycles. The molecule has 0 aliphatic carbocycles. The Labute approximate surface area is 126 Å². The molecule has 0 aliphatic heterocycles. The minimum absolute atomic E-state index is 0.290. The van der Waals surface area contributed by atoms with Gasteiger partial charge in [0.05, 0.1) is 10.2 Å². The van der Waals surface area contributed by atoms with E-state index in [0.29, 0.717) is 23.1 Å². The minimum Gasteiger partial charge on any atom is -0.383 e. The van der Waals surface area contributed by atoms with E-state index in [1.165, 1.54) is 0 Å². The van der Waals surface area contributed by atoms with Crippen LogP contribution >= 0.6 is 27.5 Å². The van der Waals surface area contributed by atoms with Crippen molar-refractivity contribution in [3.05, 3.63) is 50.8 Å². The number of nitrogens with two attached hydrogens (primary N) is 1. The number of rotatable bonds is 3. The van der Waals surface area contributed by atoms with Gasteiger partial charge in [0.25, 0.3) is 0 Å². The van der Waals surface area contributed by atoms with Crippen LogP contribution in [0.25, 0.3) is 0 Å². The average Bonchev–Trinajstić information content (AvgIpc) is 2.33. The molecule has 0 amide bonds. The molecular formula is C14H15BrClN3. The van der Waals surface area contributed by atoms with Gasteiger partial charge in [0.15, 0.2) is 0 Å². The van der Waals surface area contributed by atoms with Crippen LogP contribution in [0.1, 0.15) is 36.8 Å². The molecule has 0 spiro atoms. The summed E-state index contributed by atoms with van der Waals surface area (Å²) in [5.41, 5.74) is 7.93. The van der Waals surface area contributed by atoms with Crippen LogP contribution in [0.5, 0.6) is 0 Å². The quantitative estimate of drug-likeness (QED) is 0.911. The number of aromatic nitrogens is 2. The van der Waals surface area contributed by atoms with Gasteiger partial charge in [-0.3, -0.25) is 0 Å². The third kappa shape index (κ3) is 3.45. The number of nitrogens with zero attached hydrogens (tertiary/aromatic N) is 2. The monoisotopic (exact) mass is 339 g/mol. The van der Waals surface area contributed by atoms with Gasteiger partial charge in [0.1, 0.15) is 11.6 Å². The lowest BCUT2D eigenvalue weighted by atomic mass is 10.1. The van der Waals surface area contributed by atoms with Crippen LogP contribution in [0.2, 0.25) is 5.02 Å². The molecule has 1 aromatic heterocycles. The van der Waals surface area contributed by atoms with Crippen molar-refractivity contribution in [1.29, 1.82) is 0 Å². The van der Waals surface area contributed by atoms with Gasteiger partial charge in [-0.2, -0.15) is 0 Å². The molecule has 19 heavy (non-hydrogen) atoms. The van der Waals surface area contributed by atoms with E-state index in [1.54, 1.807) is 0 Å². The highest BCUT2D eigenvalue weighted by atomic mass is 79.9. The van der Waals surface area contributed by atoms with E-state index >= 15 is 0 Å². The molecule has 0 saturated heterocycles. The molecule has 2 rings (SSSR count). The summed E-state index contributed by atoms with van der Waals surface area (Å²) >= 11 is 9.42. The second-order valence-electron chi connectivity index (χ2n) is 4.69. The highest BCUT2D eigenvalue weighted by Crippen LogP contribution is 2.27. The van der Waals surface area contributed by atoms with Crippen molar-refractivity contribution in [2.45, 2.75) is 26.2 Å². The predicted octanol–water partition coefficient (Wildman–Crippen LogP) is 4.19. The third-order valence-electron chi connectivity index (χ3n) is 2.75. The number of nitrogen functional groups attached to an aromatic ring is 1. The number of hydrogen-bond acceptors (Lipinski definition) is 3. The topological polar surface area (TPSA) is 51.8 Å². The molecule has 3 nitrogen and oxygen atoms in total. The molecule has 1 aromatic carbocycles. The van der Waals surface area contributed by atoms with Crippen LogP contribution in [0.15, 0.2) is 28.7 Å². The maximum atomic E-state index is 5.98.